The van der Waals surface area contributed by atoms with Crippen LogP contribution in [0.25, 0.3) is 10.8 Å². The van der Waals surface area contributed by atoms with E-state index < -0.39 is 0 Å². The van der Waals surface area contributed by atoms with Gasteiger partial charge in [0.1, 0.15) is 12.0 Å². The number of nitrogens with one attached hydrogen (secondary N) is 1. The van der Waals surface area contributed by atoms with E-state index in [1.165, 1.54) is 0 Å². The molecule has 1 unspecified atom stereocenters. The maximum Gasteiger partial charge on any atom is 0.274 e. The molecule has 0 saturated heterocycles. The van der Waals surface area contributed by atoms with Crippen molar-refractivity contribution in [1.29, 1.82) is 0 Å². The first-order valence-corrected chi connectivity index (χ1v) is 10.2. The molecule has 0 aliphatic carbocycles. The molecule has 146 valence electrons. The normalized spacial score (nSPS) is 12.1. The summed E-state index contributed by atoms with van der Waals surface area (Å²) in [4.78, 5) is 16.9. The lowest BCUT2D eigenvalue weighted by atomic mass is 10.1. The average molecular weight is 424 g/mol. The summed E-state index contributed by atoms with van der Waals surface area (Å²) in [6.07, 6.45) is 3.34. The minimum atomic E-state index is -0.257. The van der Waals surface area contributed by atoms with E-state index in [0.717, 1.165) is 27.2 Å². The van der Waals surface area contributed by atoms with Crippen molar-refractivity contribution < 1.29 is 4.79 Å². The predicted octanol–water partition coefficient (Wildman–Crippen LogP) is 5.12. The van der Waals surface area contributed by atoms with Crippen LogP contribution in [0.4, 0.5) is 5.69 Å². The number of benzene rings is 2. The van der Waals surface area contributed by atoms with Crippen LogP contribution in [0.3, 0.4) is 0 Å². The van der Waals surface area contributed by atoms with Crippen LogP contribution in [0, 0.1) is 0 Å². The molecule has 0 bridgehead atoms. The fourth-order valence-electron chi connectivity index (χ4n) is 2.91. The van der Waals surface area contributed by atoms with E-state index in [1.54, 1.807) is 36.4 Å². The molecule has 4 aromatic rings. The van der Waals surface area contributed by atoms with Crippen LogP contribution in [0.2, 0.25) is 5.02 Å². The topological polar surface area (TPSA) is 72.7 Å². The lowest BCUT2D eigenvalue weighted by Crippen LogP contribution is -2.13. The molecule has 0 fully saturated rings. The van der Waals surface area contributed by atoms with Crippen LogP contribution in [0.1, 0.15) is 28.2 Å². The van der Waals surface area contributed by atoms with Gasteiger partial charge in [-0.1, -0.05) is 41.6 Å². The average Bonchev–Trinajstić information content (AvgIpc) is 3.12. The zero-order valence-corrected chi connectivity index (χ0v) is 17.4. The number of thioether (sulfide) groups is 1. The van der Waals surface area contributed by atoms with Crippen molar-refractivity contribution in [3.8, 4) is 0 Å². The molecule has 1 amide bonds. The van der Waals surface area contributed by atoms with E-state index in [9.17, 15) is 4.79 Å². The Kier molecular flexibility index (Phi) is 5.51. The third-order valence-electron chi connectivity index (χ3n) is 4.48. The SMILES string of the molecule is CC(Sc1nncn1C)c1cccc(NC(=O)c2cc3ccc(Cl)cc3cn2)c1. The van der Waals surface area contributed by atoms with Gasteiger partial charge >= 0.3 is 0 Å². The molecule has 29 heavy (non-hydrogen) atoms. The molecule has 2 heterocycles. The van der Waals surface area contributed by atoms with Gasteiger partial charge in [-0.05, 0) is 48.2 Å². The van der Waals surface area contributed by atoms with Gasteiger partial charge in [-0.3, -0.25) is 9.78 Å². The Morgan fingerprint density at radius 2 is 2.03 bits per heavy atom. The maximum atomic E-state index is 12.7. The summed E-state index contributed by atoms with van der Waals surface area (Å²) < 4.78 is 1.88. The highest BCUT2D eigenvalue weighted by Gasteiger charge is 2.13. The van der Waals surface area contributed by atoms with Crippen molar-refractivity contribution in [2.45, 2.75) is 17.3 Å². The fourth-order valence-corrected chi connectivity index (χ4v) is 3.99. The Morgan fingerprint density at radius 3 is 2.83 bits per heavy atom. The highest BCUT2D eigenvalue weighted by atomic mass is 35.5. The summed E-state index contributed by atoms with van der Waals surface area (Å²) in [5.74, 6) is -0.257. The van der Waals surface area contributed by atoms with Gasteiger partial charge in [-0.2, -0.15) is 0 Å². The predicted molar refractivity (Wildman–Crippen MR) is 116 cm³/mol. The Labute approximate surface area is 177 Å². The first kappa shape index (κ1) is 19.4. The molecule has 1 N–H and O–H groups in total. The van der Waals surface area contributed by atoms with E-state index in [1.807, 2.05) is 48.0 Å². The molecule has 0 spiro atoms. The van der Waals surface area contributed by atoms with Crippen molar-refractivity contribution in [1.82, 2.24) is 19.7 Å². The second-order valence-electron chi connectivity index (χ2n) is 6.63. The number of carbonyl (C=O) groups excluding carboxylic acids is 1. The van der Waals surface area contributed by atoms with E-state index in [2.05, 4.69) is 27.4 Å². The molecule has 2 aromatic heterocycles. The highest BCUT2D eigenvalue weighted by molar-refractivity contribution is 7.99. The summed E-state index contributed by atoms with van der Waals surface area (Å²) >= 11 is 7.61. The quantitative estimate of drug-likeness (QED) is 0.451. The minimum absolute atomic E-state index is 0.151. The Balaban J connectivity index is 1.50. The van der Waals surface area contributed by atoms with E-state index >= 15 is 0 Å². The number of hydrogen-bond donors (Lipinski definition) is 1. The van der Waals surface area contributed by atoms with Gasteiger partial charge in [0.05, 0.1) is 0 Å². The van der Waals surface area contributed by atoms with Gasteiger partial charge in [0.2, 0.25) is 0 Å². The van der Waals surface area contributed by atoms with Crippen LogP contribution in [-0.4, -0.2) is 25.7 Å². The smallest absolute Gasteiger partial charge is 0.274 e. The summed E-state index contributed by atoms with van der Waals surface area (Å²) in [5.41, 5.74) is 2.15. The Morgan fingerprint density at radius 1 is 1.17 bits per heavy atom. The first-order valence-electron chi connectivity index (χ1n) is 8.97. The number of anilines is 1. The second kappa shape index (κ2) is 8.23. The molecule has 0 aliphatic rings. The van der Waals surface area contributed by atoms with Crippen molar-refractivity contribution in [3.05, 3.63) is 77.3 Å². The van der Waals surface area contributed by atoms with Crippen LogP contribution in [0.15, 0.2) is 66.2 Å². The summed E-state index contributed by atoms with van der Waals surface area (Å²) in [6.45, 7) is 2.09. The molecular weight excluding hydrogens is 406 g/mol. The molecule has 8 heteroatoms. The molecule has 0 radical (unpaired) electrons. The van der Waals surface area contributed by atoms with Gasteiger partial charge in [-0.25, -0.2) is 0 Å². The van der Waals surface area contributed by atoms with Crippen molar-refractivity contribution in [2.24, 2.45) is 7.05 Å². The third kappa shape index (κ3) is 4.41. The number of aryl methyl sites for hydroxylation is 1. The van der Waals surface area contributed by atoms with Crippen LogP contribution < -0.4 is 5.32 Å². The monoisotopic (exact) mass is 423 g/mol. The molecule has 0 saturated carbocycles. The Hall–Kier alpha value is -2.90. The van der Waals surface area contributed by atoms with Crippen molar-refractivity contribution in [3.63, 3.8) is 0 Å². The van der Waals surface area contributed by atoms with Gasteiger partial charge in [0.15, 0.2) is 5.16 Å². The maximum absolute atomic E-state index is 12.7. The summed E-state index contributed by atoms with van der Waals surface area (Å²) in [5, 5.41) is 14.4. The standard InChI is InChI=1S/C21H18ClN5OS/c1-13(29-21-26-24-12-27(21)2)14-4-3-5-18(9-14)25-20(28)19-10-15-6-7-17(22)8-16(15)11-23-19/h3-13H,1-2H3,(H,25,28). The number of carbonyl (C=O) groups is 1. The van der Waals surface area contributed by atoms with Crippen LogP contribution in [0.5, 0.6) is 0 Å². The number of aromatic nitrogens is 4. The van der Waals surface area contributed by atoms with Crippen LogP contribution >= 0.6 is 23.4 Å². The number of rotatable bonds is 5. The number of halogens is 1. The Bertz CT molecular complexity index is 1190. The fraction of sp³-hybridized carbons (Fsp3) is 0.143. The zero-order chi connectivity index (χ0) is 20.4. The number of pyridine rings is 1. The van der Waals surface area contributed by atoms with Gasteiger partial charge in [0, 0.05) is 34.6 Å². The van der Waals surface area contributed by atoms with Crippen molar-refractivity contribution in [2.75, 3.05) is 5.32 Å². The lowest BCUT2D eigenvalue weighted by molar-refractivity contribution is 0.102. The third-order valence-corrected chi connectivity index (χ3v) is 5.92. The summed E-state index contributed by atoms with van der Waals surface area (Å²) in [6, 6.07) is 15.0. The van der Waals surface area contributed by atoms with E-state index in [-0.39, 0.29) is 11.2 Å². The second-order valence-corrected chi connectivity index (χ2v) is 8.37. The van der Waals surface area contributed by atoms with E-state index in [0.29, 0.717) is 10.7 Å². The zero-order valence-electron chi connectivity index (χ0n) is 15.8. The van der Waals surface area contributed by atoms with E-state index in [4.69, 9.17) is 11.6 Å². The van der Waals surface area contributed by atoms with Gasteiger partial charge in [0.25, 0.3) is 5.91 Å². The first-order chi connectivity index (χ1) is 14.0. The molecular formula is C21H18ClN5OS. The molecule has 0 aliphatic heterocycles. The highest BCUT2D eigenvalue weighted by Crippen LogP contribution is 2.34. The molecule has 1 atom stereocenters. The summed E-state index contributed by atoms with van der Waals surface area (Å²) in [7, 11) is 1.91. The van der Waals surface area contributed by atoms with Gasteiger partial charge in [-0.15, -0.1) is 10.2 Å². The number of nitrogens with zero attached hydrogens (tertiary/aromatic N) is 4. The van der Waals surface area contributed by atoms with Gasteiger partial charge < -0.3 is 9.88 Å². The lowest BCUT2D eigenvalue weighted by Gasteiger charge is -2.13. The number of hydrogen-bond acceptors (Lipinski definition) is 5. The molecule has 6 nitrogen and oxygen atoms in total. The van der Waals surface area contributed by atoms with Crippen molar-refractivity contribution >= 4 is 45.7 Å². The molecule has 2 aromatic carbocycles. The largest absolute Gasteiger partial charge is 0.321 e. The molecule has 4 rings (SSSR count). The number of fused-ring (bicyclic) bond motifs is 1. The minimum Gasteiger partial charge on any atom is -0.321 e. The van der Waals surface area contributed by atoms with Crippen LogP contribution in [-0.2, 0) is 7.05 Å². The number of amides is 1.